The monoisotopic (exact) mass is 509 g/mol. The first-order valence-corrected chi connectivity index (χ1v) is 13.4. The summed E-state index contributed by atoms with van der Waals surface area (Å²) in [6, 6.07) is 11.0. The molecule has 0 spiro atoms. The van der Waals surface area contributed by atoms with Gasteiger partial charge in [-0.25, -0.2) is 17.8 Å². The Morgan fingerprint density at radius 1 is 1.21 bits per heavy atom. The van der Waals surface area contributed by atoms with Gasteiger partial charge in [0.25, 0.3) is 10.0 Å². The Kier molecular flexibility index (Phi) is 7.82. The van der Waals surface area contributed by atoms with E-state index in [1.165, 1.54) is 17.3 Å². The largest absolute Gasteiger partial charge is 0.384 e. The summed E-state index contributed by atoms with van der Waals surface area (Å²) >= 11 is 7.32. The second-order valence-corrected chi connectivity index (χ2v) is 10.6. The molecule has 1 aliphatic heterocycles. The fraction of sp³-hybridized carbons (Fsp3) is 0.318. The highest BCUT2D eigenvalue weighted by Gasteiger charge is 2.23. The first-order chi connectivity index (χ1) is 15.9. The second-order valence-electron chi connectivity index (χ2n) is 7.68. The molecule has 176 valence electrons. The molecule has 3 aromatic rings. The van der Waals surface area contributed by atoms with Gasteiger partial charge in [0.05, 0.1) is 10.7 Å². The fourth-order valence-electron chi connectivity index (χ4n) is 3.72. The van der Waals surface area contributed by atoms with E-state index in [1.807, 2.05) is 0 Å². The molecule has 33 heavy (non-hydrogen) atoms. The van der Waals surface area contributed by atoms with Crippen LogP contribution in [0.2, 0.25) is 5.02 Å². The number of nitrogens with zero attached hydrogens (tertiary/aromatic N) is 1. The molecule has 0 unspecified atom stereocenters. The highest BCUT2D eigenvalue weighted by atomic mass is 35.5. The van der Waals surface area contributed by atoms with Crippen molar-refractivity contribution in [3.63, 3.8) is 0 Å². The Bertz CT molecular complexity index is 1190. The van der Waals surface area contributed by atoms with Gasteiger partial charge in [-0.3, -0.25) is 4.72 Å². The quantitative estimate of drug-likeness (QED) is 0.287. The van der Waals surface area contributed by atoms with E-state index in [1.54, 1.807) is 5.38 Å². The molecule has 7 nitrogen and oxygen atoms in total. The van der Waals surface area contributed by atoms with Crippen LogP contribution in [0.1, 0.15) is 30.0 Å². The van der Waals surface area contributed by atoms with Crippen LogP contribution in [0.3, 0.4) is 0 Å². The SMILES string of the molecule is O=S(=O)(Nc1nccs1)c1cc(Cl)c(NCCCCNC[C@H]2NCc3ccccc32)cc1F. The molecule has 0 aliphatic carbocycles. The Morgan fingerprint density at radius 2 is 2.03 bits per heavy atom. The molecule has 0 amide bonds. The maximum absolute atomic E-state index is 14.5. The van der Waals surface area contributed by atoms with Crippen LogP contribution in [0.25, 0.3) is 0 Å². The number of hydrogen-bond acceptors (Lipinski definition) is 7. The molecule has 0 saturated heterocycles. The van der Waals surface area contributed by atoms with E-state index in [0.29, 0.717) is 18.3 Å². The smallest absolute Gasteiger partial charge is 0.266 e. The van der Waals surface area contributed by atoms with E-state index < -0.39 is 20.7 Å². The molecule has 11 heteroatoms. The van der Waals surface area contributed by atoms with Crippen molar-refractivity contribution in [2.75, 3.05) is 29.7 Å². The van der Waals surface area contributed by atoms with Crippen LogP contribution in [0.15, 0.2) is 52.9 Å². The summed E-state index contributed by atoms with van der Waals surface area (Å²) in [7, 11) is -4.12. The van der Waals surface area contributed by atoms with Crippen molar-refractivity contribution < 1.29 is 12.8 Å². The molecule has 2 heterocycles. The fourth-order valence-corrected chi connectivity index (χ4v) is 5.89. The van der Waals surface area contributed by atoms with Crippen molar-refractivity contribution in [1.29, 1.82) is 0 Å². The molecule has 4 rings (SSSR count). The zero-order valence-electron chi connectivity index (χ0n) is 17.8. The van der Waals surface area contributed by atoms with E-state index >= 15 is 0 Å². The van der Waals surface area contributed by atoms with Gasteiger partial charge >= 0.3 is 0 Å². The zero-order chi connectivity index (χ0) is 23.3. The average Bonchev–Trinajstić information content (AvgIpc) is 3.44. The van der Waals surface area contributed by atoms with Gasteiger partial charge < -0.3 is 16.0 Å². The van der Waals surface area contributed by atoms with Gasteiger partial charge in [-0.2, -0.15) is 0 Å². The van der Waals surface area contributed by atoms with Crippen LogP contribution >= 0.6 is 22.9 Å². The van der Waals surface area contributed by atoms with Crippen molar-refractivity contribution in [2.45, 2.75) is 30.3 Å². The Morgan fingerprint density at radius 3 is 2.85 bits per heavy atom. The highest BCUT2D eigenvalue weighted by Crippen LogP contribution is 2.29. The van der Waals surface area contributed by atoms with E-state index in [9.17, 15) is 12.8 Å². The number of unbranched alkanes of at least 4 members (excludes halogenated alkanes) is 1. The minimum Gasteiger partial charge on any atom is -0.384 e. The summed E-state index contributed by atoms with van der Waals surface area (Å²) in [5.41, 5.74) is 3.08. The lowest BCUT2D eigenvalue weighted by Crippen LogP contribution is -2.28. The lowest BCUT2D eigenvalue weighted by molar-refractivity contribution is 0.515. The second kappa shape index (κ2) is 10.8. The maximum Gasteiger partial charge on any atom is 0.266 e. The lowest BCUT2D eigenvalue weighted by atomic mass is 10.1. The van der Waals surface area contributed by atoms with Gasteiger partial charge in [0, 0.05) is 37.3 Å². The van der Waals surface area contributed by atoms with Gasteiger partial charge in [-0.05, 0) is 42.6 Å². The number of fused-ring (bicyclic) bond motifs is 1. The molecule has 0 fully saturated rings. The number of hydrogen-bond donors (Lipinski definition) is 4. The van der Waals surface area contributed by atoms with E-state index in [0.717, 1.165) is 55.9 Å². The van der Waals surface area contributed by atoms with Gasteiger partial charge in [-0.1, -0.05) is 35.9 Å². The first kappa shape index (κ1) is 23.9. The zero-order valence-corrected chi connectivity index (χ0v) is 20.2. The Hall–Kier alpha value is -2.24. The number of nitrogens with one attached hydrogen (secondary N) is 4. The van der Waals surface area contributed by atoms with Crippen molar-refractivity contribution in [2.24, 2.45) is 0 Å². The minimum atomic E-state index is -4.12. The number of halogens is 2. The number of sulfonamides is 1. The lowest BCUT2D eigenvalue weighted by Gasteiger charge is -2.14. The van der Waals surface area contributed by atoms with Gasteiger partial charge in [0.1, 0.15) is 10.7 Å². The maximum atomic E-state index is 14.5. The molecule has 1 aliphatic rings. The van der Waals surface area contributed by atoms with E-state index in [-0.39, 0.29) is 10.2 Å². The van der Waals surface area contributed by atoms with Crippen LogP contribution in [0.4, 0.5) is 15.2 Å². The summed E-state index contributed by atoms with van der Waals surface area (Å²) in [6.07, 6.45) is 3.25. The summed E-state index contributed by atoms with van der Waals surface area (Å²) in [4.78, 5) is 3.34. The number of anilines is 2. The molecule has 4 N–H and O–H groups in total. The standard InChI is InChI=1S/C22H25ClFN5O2S2/c23-17-11-21(33(30,31)29-22-27-9-10-32-22)18(24)12-19(17)26-8-4-3-7-25-14-20-16-6-2-1-5-15(16)13-28-20/h1-2,5-6,9-12,20,25-26,28H,3-4,7-8,13-14H2,(H,27,29)/t20-/m1/s1. The molecule has 2 aromatic carbocycles. The van der Waals surface area contributed by atoms with Crippen LogP contribution in [0.5, 0.6) is 0 Å². The normalized spacial score (nSPS) is 15.4. The van der Waals surface area contributed by atoms with Crippen LogP contribution in [0, 0.1) is 5.82 Å². The minimum absolute atomic E-state index is 0.139. The van der Waals surface area contributed by atoms with Crippen molar-refractivity contribution >= 4 is 43.8 Å². The van der Waals surface area contributed by atoms with E-state index in [4.69, 9.17) is 11.6 Å². The third-order valence-corrected chi connectivity index (χ3v) is 7.86. The Balaban J connectivity index is 1.21. The van der Waals surface area contributed by atoms with Crippen LogP contribution < -0.4 is 20.7 Å². The predicted octanol–water partition coefficient (Wildman–Crippen LogP) is 4.36. The topological polar surface area (TPSA) is 95.2 Å². The summed E-state index contributed by atoms with van der Waals surface area (Å²) in [6.45, 7) is 3.23. The third-order valence-electron chi connectivity index (χ3n) is 5.38. The summed E-state index contributed by atoms with van der Waals surface area (Å²) in [5, 5.41) is 12.0. The number of benzene rings is 2. The van der Waals surface area contributed by atoms with Gasteiger partial charge in [0.2, 0.25) is 0 Å². The molecule has 0 saturated carbocycles. The van der Waals surface area contributed by atoms with Crippen LogP contribution in [-0.4, -0.2) is 33.0 Å². The van der Waals surface area contributed by atoms with Gasteiger partial charge in [-0.15, -0.1) is 11.3 Å². The predicted molar refractivity (Wildman–Crippen MR) is 131 cm³/mol. The molecular weight excluding hydrogens is 485 g/mol. The third kappa shape index (κ3) is 6.01. The number of aromatic nitrogens is 1. The number of rotatable bonds is 11. The average molecular weight is 510 g/mol. The molecule has 0 bridgehead atoms. The van der Waals surface area contributed by atoms with Crippen molar-refractivity contribution in [1.82, 2.24) is 15.6 Å². The molecular formula is C22H25ClFN5O2S2. The summed E-state index contributed by atoms with van der Waals surface area (Å²) in [5.74, 6) is -0.878. The van der Waals surface area contributed by atoms with E-state index in [2.05, 4.69) is 49.9 Å². The van der Waals surface area contributed by atoms with Crippen molar-refractivity contribution in [3.8, 4) is 0 Å². The molecule has 1 aromatic heterocycles. The number of thiazole rings is 1. The highest BCUT2D eigenvalue weighted by molar-refractivity contribution is 7.93. The molecule has 0 radical (unpaired) electrons. The summed E-state index contributed by atoms with van der Waals surface area (Å²) < 4.78 is 41.6. The Labute approximate surface area is 201 Å². The first-order valence-electron chi connectivity index (χ1n) is 10.6. The van der Waals surface area contributed by atoms with Crippen molar-refractivity contribution in [3.05, 3.63) is 69.9 Å². The van der Waals surface area contributed by atoms with Crippen LogP contribution in [-0.2, 0) is 16.6 Å². The van der Waals surface area contributed by atoms with Gasteiger partial charge in [0.15, 0.2) is 5.13 Å². The molecule has 1 atom stereocenters.